The lowest BCUT2D eigenvalue weighted by Gasteiger charge is -2.24. The van der Waals surface area contributed by atoms with Gasteiger partial charge in [-0.1, -0.05) is 18.2 Å². The maximum absolute atomic E-state index is 10.8. The average Bonchev–Trinajstić information content (AvgIpc) is 2.30. The van der Waals surface area contributed by atoms with Crippen LogP contribution in [-0.2, 0) is 0 Å². The molecule has 1 fully saturated rings. The standard InChI is InChI=1S/C10H13N3O2/c14-13(15)10-4-2-1-3-8(10)9-7-11-5-6-12-9/h1-4,9,11-12H,5-7H2/t9-/m0/s1. The third-order valence-electron chi connectivity index (χ3n) is 2.55. The van der Waals surface area contributed by atoms with Crippen LogP contribution in [0.1, 0.15) is 11.6 Å². The van der Waals surface area contributed by atoms with Gasteiger partial charge in [-0.3, -0.25) is 10.1 Å². The molecule has 80 valence electrons. The number of nitro groups is 1. The molecular formula is C10H13N3O2. The van der Waals surface area contributed by atoms with Gasteiger partial charge in [0.2, 0.25) is 0 Å². The number of nitrogens with zero attached hydrogens (tertiary/aromatic N) is 1. The van der Waals surface area contributed by atoms with Crippen molar-refractivity contribution in [2.45, 2.75) is 6.04 Å². The maximum atomic E-state index is 10.8. The minimum Gasteiger partial charge on any atom is -0.314 e. The van der Waals surface area contributed by atoms with E-state index in [2.05, 4.69) is 10.6 Å². The summed E-state index contributed by atoms with van der Waals surface area (Å²) in [5, 5.41) is 17.3. The lowest BCUT2D eigenvalue weighted by Crippen LogP contribution is -2.42. The van der Waals surface area contributed by atoms with E-state index in [1.54, 1.807) is 12.1 Å². The first kappa shape index (κ1) is 10.1. The SMILES string of the molecule is O=[N+]([O-])c1ccccc1[C@@H]1CNCCN1. The van der Waals surface area contributed by atoms with E-state index in [-0.39, 0.29) is 16.7 Å². The van der Waals surface area contributed by atoms with Crippen molar-refractivity contribution in [2.24, 2.45) is 0 Å². The molecule has 1 aliphatic rings. The van der Waals surface area contributed by atoms with Gasteiger partial charge in [-0.15, -0.1) is 0 Å². The number of hydrogen-bond acceptors (Lipinski definition) is 4. The van der Waals surface area contributed by atoms with Crippen molar-refractivity contribution in [3.05, 3.63) is 39.9 Å². The summed E-state index contributed by atoms with van der Waals surface area (Å²) in [6.07, 6.45) is 0. The molecule has 2 N–H and O–H groups in total. The summed E-state index contributed by atoms with van der Waals surface area (Å²) >= 11 is 0. The average molecular weight is 207 g/mol. The molecule has 1 aliphatic heterocycles. The zero-order valence-corrected chi connectivity index (χ0v) is 8.27. The summed E-state index contributed by atoms with van der Waals surface area (Å²) in [5.74, 6) is 0. The number of benzene rings is 1. The fourth-order valence-electron chi connectivity index (χ4n) is 1.82. The van der Waals surface area contributed by atoms with E-state index in [1.807, 2.05) is 12.1 Å². The van der Waals surface area contributed by atoms with Crippen LogP contribution in [0.4, 0.5) is 5.69 Å². The number of hydrogen-bond donors (Lipinski definition) is 2. The van der Waals surface area contributed by atoms with E-state index < -0.39 is 0 Å². The monoisotopic (exact) mass is 207 g/mol. The Bertz CT molecular complexity index is 361. The van der Waals surface area contributed by atoms with E-state index in [0.717, 1.165) is 25.2 Å². The van der Waals surface area contributed by atoms with Crippen LogP contribution in [-0.4, -0.2) is 24.6 Å². The summed E-state index contributed by atoms with van der Waals surface area (Å²) in [4.78, 5) is 10.5. The normalized spacial score (nSPS) is 21.2. The van der Waals surface area contributed by atoms with Gasteiger partial charge in [0.25, 0.3) is 5.69 Å². The maximum Gasteiger partial charge on any atom is 0.274 e. The number of para-hydroxylation sites is 1. The van der Waals surface area contributed by atoms with Crippen LogP contribution in [0.2, 0.25) is 0 Å². The van der Waals surface area contributed by atoms with Crippen molar-refractivity contribution >= 4 is 5.69 Å². The Balaban J connectivity index is 2.29. The van der Waals surface area contributed by atoms with Crippen LogP contribution in [0.15, 0.2) is 24.3 Å². The van der Waals surface area contributed by atoms with Crippen molar-refractivity contribution in [1.29, 1.82) is 0 Å². The second-order valence-electron chi connectivity index (χ2n) is 3.53. The minimum absolute atomic E-state index is 0.0420. The van der Waals surface area contributed by atoms with Gasteiger partial charge < -0.3 is 10.6 Å². The Labute approximate surface area is 87.6 Å². The number of nitrogens with one attached hydrogen (secondary N) is 2. The predicted octanol–water partition coefficient (Wildman–Crippen LogP) is 0.829. The van der Waals surface area contributed by atoms with Gasteiger partial charge >= 0.3 is 0 Å². The lowest BCUT2D eigenvalue weighted by molar-refractivity contribution is -0.385. The van der Waals surface area contributed by atoms with Crippen LogP contribution in [0, 0.1) is 10.1 Å². The van der Waals surface area contributed by atoms with E-state index in [4.69, 9.17) is 0 Å². The Hall–Kier alpha value is -1.46. The van der Waals surface area contributed by atoms with Crippen molar-refractivity contribution in [3.8, 4) is 0 Å². The first-order valence-corrected chi connectivity index (χ1v) is 4.96. The molecule has 2 rings (SSSR count). The summed E-state index contributed by atoms with van der Waals surface area (Å²) in [6, 6.07) is 6.92. The Morgan fingerprint density at radius 3 is 2.80 bits per heavy atom. The van der Waals surface area contributed by atoms with Crippen LogP contribution >= 0.6 is 0 Å². The molecule has 1 aromatic carbocycles. The topological polar surface area (TPSA) is 67.2 Å². The molecule has 0 radical (unpaired) electrons. The second-order valence-corrected chi connectivity index (χ2v) is 3.53. The van der Waals surface area contributed by atoms with Gasteiger partial charge in [-0.25, -0.2) is 0 Å². The smallest absolute Gasteiger partial charge is 0.274 e. The van der Waals surface area contributed by atoms with Crippen molar-refractivity contribution in [2.75, 3.05) is 19.6 Å². The Kier molecular flexibility index (Phi) is 2.94. The summed E-state index contributed by atoms with van der Waals surface area (Å²) in [5.41, 5.74) is 0.952. The molecule has 0 saturated carbocycles. The molecule has 1 aromatic rings. The van der Waals surface area contributed by atoms with Gasteiger partial charge in [-0.2, -0.15) is 0 Å². The Morgan fingerprint density at radius 2 is 2.13 bits per heavy atom. The highest BCUT2D eigenvalue weighted by Crippen LogP contribution is 2.24. The molecule has 0 spiro atoms. The quantitative estimate of drug-likeness (QED) is 0.556. The van der Waals surface area contributed by atoms with E-state index >= 15 is 0 Å². The fraction of sp³-hybridized carbons (Fsp3) is 0.400. The molecule has 1 heterocycles. The van der Waals surface area contributed by atoms with Crippen LogP contribution in [0.3, 0.4) is 0 Å². The van der Waals surface area contributed by atoms with Gasteiger partial charge in [-0.05, 0) is 0 Å². The number of nitro benzene ring substituents is 1. The predicted molar refractivity (Wildman–Crippen MR) is 56.7 cm³/mol. The molecule has 5 heteroatoms. The minimum atomic E-state index is -0.328. The third kappa shape index (κ3) is 2.14. The first-order valence-electron chi connectivity index (χ1n) is 4.96. The van der Waals surface area contributed by atoms with Crippen molar-refractivity contribution in [1.82, 2.24) is 10.6 Å². The molecule has 0 bridgehead atoms. The van der Waals surface area contributed by atoms with Gasteiger partial charge in [0.1, 0.15) is 0 Å². The molecule has 0 unspecified atom stereocenters. The van der Waals surface area contributed by atoms with Gasteiger partial charge in [0, 0.05) is 31.3 Å². The number of rotatable bonds is 2. The van der Waals surface area contributed by atoms with Gasteiger partial charge in [0.15, 0.2) is 0 Å². The van der Waals surface area contributed by atoms with E-state index in [0.29, 0.717) is 0 Å². The van der Waals surface area contributed by atoms with E-state index in [1.165, 1.54) is 0 Å². The van der Waals surface area contributed by atoms with Crippen LogP contribution in [0.25, 0.3) is 0 Å². The zero-order chi connectivity index (χ0) is 10.7. The lowest BCUT2D eigenvalue weighted by atomic mass is 10.0. The first-order chi connectivity index (χ1) is 7.29. The Morgan fingerprint density at radius 1 is 1.33 bits per heavy atom. The molecule has 0 amide bonds. The fourth-order valence-corrected chi connectivity index (χ4v) is 1.82. The highest BCUT2D eigenvalue weighted by molar-refractivity contribution is 5.42. The third-order valence-corrected chi connectivity index (χ3v) is 2.55. The largest absolute Gasteiger partial charge is 0.314 e. The summed E-state index contributed by atoms with van der Waals surface area (Å²) < 4.78 is 0. The highest BCUT2D eigenvalue weighted by atomic mass is 16.6. The summed E-state index contributed by atoms with van der Waals surface area (Å²) in [6.45, 7) is 2.50. The van der Waals surface area contributed by atoms with E-state index in [9.17, 15) is 10.1 Å². The van der Waals surface area contributed by atoms with Crippen LogP contribution < -0.4 is 10.6 Å². The molecule has 0 aromatic heterocycles. The molecule has 0 aliphatic carbocycles. The highest BCUT2D eigenvalue weighted by Gasteiger charge is 2.22. The number of piperazine rings is 1. The molecule has 5 nitrogen and oxygen atoms in total. The molecule has 1 atom stereocenters. The van der Waals surface area contributed by atoms with Crippen molar-refractivity contribution in [3.63, 3.8) is 0 Å². The molecule has 15 heavy (non-hydrogen) atoms. The molecule has 1 saturated heterocycles. The van der Waals surface area contributed by atoms with Crippen molar-refractivity contribution < 1.29 is 4.92 Å². The molecular weight excluding hydrogens is 194 g/mol. The van der Waals surface area contributed by atoms with Gasteiger partial charge in [0.05, 0.1) is 11.0 Å². The zero-order valence-electron chi connectivity index (χ0n) is 8.27. The second kappa shape index (κ2) is 4.37. The van der Waals surface area contributed by atoms with Crippen LogP contribution in [0.5, 0.6) is 0 Å². The summed E-state index contributed by atoms with van der Waals surface area (Å²) in [7, 11) is 0.